The quantitative estimate of drug-likeness (QED) is 0.701. The predicted octanol–water partition coefficient (Wildman–Crippen LogP) is 2.43. The third kappa shape index (κ3) is 2.64. The Morgan fingerprint density at radius 1 is 1.24 bits per heavy atom. The van der Waals surface area contributed by atoms with Gasteiger partial charge >= 0.3 is 0 Å². The van der Waals surface area contributed by atoms with Crippen LogP contribution in [0.1, 0.15) is 40.0 Å². The Kier molecular flexibility index (Phi) is 3.47. The number of rotatable bonds is 1. The van der Waals surface area contributed by atoms with Gasteiger partial charge in [0.05, 0.1) is 19.3 Å². The van der Waals surface area contributed by atoms with Crippen LogP contribution in [0, 0.1) is 22.7 Å². The van der Waals surface area contributed by atoms with Crippen molar-refractivity contribution in [2.75, 3.05) is 26.3 Å². The molecular formula is C14H24N2O. The molecule has 1 heterocycles. The first-order valence-electron chi connectivity index (χ1n) is 6.72. The maximum absolute atomic E-state index is 9.71. The standard InChI is InChI=1S/C14H24N2O/c1-12-8-13(2,3)10-14(9-12,11-15)16-4-6-17-7-5-16/h12H,4-10H2,1-3H3. The van der Waals surface area contributed by atoms with Crippen LogP contribution >= 0.6 is 0 Å². The van der Waals surface area contributed by atoms with Gasteiger partial charge in [-0.25, -0.2) is 0 Å². The second kappa shape index (κ2) is 4.59. The summed E-state index contributed by atoms with van der Waals surface area (Å²) in [5.41, 5.74) is 0.0383. The molecule has 3 heteroatoms. The van der Waals surface area contributed by atoms with Crippen molar-refractivity contribution >= 4 is 0 Å². The molecule has 0 amide bonds. The van der Waals surface area contributed by atoms with Gasteiger partial charge in [0.25, 0.3) is 0 Å². The van der Waals surface area contributed by atoms with E-state index >= 15 is 0 Å². The minimum atomic E-state index is -0.245. The van der Waals surface area contributed by atoms with Gasteiger partial charge in [-0.1, -0.05) is 20.8 Å². The van der Waals surface area contributed by atoms with Crippen LogP contribution in [0.2, 0.25) is 0 Å². The highest BCUT2D eigenvalue weighted by Gasteiger charge is 2.47. The van der Waals surface area contributed by atoms with Gasteiger partial charge in [0, 0.05) is 13.1 Å². The van der Waals surface area contributed by atoms with Crippen molar-refractivity contribution in [3.05, 3.63) is 0 Å². The van der Waals surface area contributed by atoms with Crippen LogP contribution < -0.4 is 0 Å². The Morgan fingerprint density at radius 2 is 1.88 bits per heavy atom. The van der Waals surface area contributed by atoms with E-state index in [0.717, 1.165) is 39.1 Å². The zero-order valence-electron chi connectivity index (χ0n) is 11.3. The molecule has 96 valence electrons. The molecule has 1 saturated heterocycles. The Bertz CT molecular complexity index is 315. The molecule has 17 heavy (non-hydrogen) atoms. The molecule has 0 bridgehead atoms. The molecule has 1 saturated carbocycles. The summed E-state index contributed by atoms with van der Waals surface area (Å²) in [7, 11) is 0. The number of nitriles is 1. The van der Waals surface area contributed by atoms with Gasteiger partial charge < -0.3 is 4.74 Å². The molecule has 3 nitrogen and oxygen atoms in total. The van der Waals surface area contributed by atoms with Gasteiger partial charge in [0.1, 0.15) is 5.54 Å². The topological polar surface area (TPSA) is 36.3 Å². The van der Waals surface area contributed by atoms with Gasteiger partial charge in [-0.2, -0.15) is 5.26 Å². The van der Waals surface area contributed by atoms with Crippen LogP contribution in [0.25, 0.3) is 0 Å². The lowest BCUT2D eigenvalue weighted by Crippen LogP contribution is -2.57. The monoisotopic (exact) mass is 236 g/mol. The third-order valence-electron chi connectivity index (χ3n) is 4.18. The SMILES string of the molecule is CC1CC(C)(C)CC(C#N)(N2CCOCC2)C1. The summed E-state index contributed by atoms with van der Waals surface area (Å²) in [4.78, 5) is 2.37. The maximum atomic E-state index is 9.71. The lowest BCUT2D eigenvalue weighted by atomic mass is 9.64. The highest BCUT2D eigenvalue weighted by atomic mass is 16.5. The molecule has 2 rings (SSSR count). The Labute approximate surface area is 105 Å². The van der Waals surface area contributed by atoms with Gasteiger partial charge in [0.2, 0.25) is 0 Å². The molecule has 2 unspecified atom stereocenters. The van der Waals surface area contributed by atoms with E-state index in [1.54, 1.807) is 0 Å². The maximum Gasteiger partial charge on any atom is 0.110 e. The molecule has 2 fully saturated rings. The normalized spacial score (nSPS) is 38.6. The molecule has 2 atom stereocenters. The van der Waals surface area contributed by atoms with E-state index in [2.05, 4.69) is 31.7 Å². The van der Waals surface area contributed by atoms with Crippen LogP contribution in [0.4, 0.5) is 0 Å². The van der Waals surface area contributed by atoms with Crippen molar-refractivity contribution in [3.8, 4) is 6.07 Å². The van der Waals surface area contributed by atoms with Gasteiger partial charge in [-0.15, -0.1) is 0 Å². The second-order valence-corrected chi connectivity index (χ2v) is 6.60. The number of hydrogen-bond acceptors (Lipinski definition) is 3. The molecule has 2 aliphatic rings. The molecule has 0 radical (unpaired) electrons. The van der Waals surface area contributed by atoms with E-state index in [9.17, 15) is 5.26 Å². The summed E-state index contributed by atoms with van der Waals surface area (Å²) < 4.78 is 5.41. The molecule has 1 aliphatic heterocycles. The summed E-state index contributed by atoms with van der Waals surface area (Å²) in [6.07, 6.45) is 3.26. The van der Waals surface area contributed by atoms with Crippen molar-refractivity contribution in [1.82, 2.24) is 4.90 Å². The number of morpholine rings is 1. The second-order valence-electron chi connectivity index (χ2n) is 6.60. The average Bonchev–Trinajstić information content (AvgIpc) is 2.27. The molecule has 0 aromatic carbocycles. The van der Waals surface area contributed by atoms with Crippen molar-refractivity contribution < 1.29 is 4.74 Å². The van der Waals surface area contributed by atoms with Gasteiger partial charge in [-0.05, 0) is 30.6 Å². The zero-order valence-corrected chi connectivity index (χ0v) is 11.3. The lowest BCUT2D eigenvalue weighted by molar-refractivity contribution is -0.0429. The lowest BCUT2D eigenvalue weighted by Gasteiger charge is -2.50. The Hall–Kier alpha value is -0.590. The van der Waals surface area contributed by atoms with Gasteiger partial charge in [-0.3, -0.25) is 4.90 Å². The van der Waals surface area contributed by atoms with E-state index < -0.39 is 0 Å². The van der Waals surface area contributed by atoms with Crippen molar-refractivity contribution in [1.29, 1.82) is 5.26 Å². The van der Waals surface area contributed by atoms with Gasteiger partial charge in [0.15, 0.2) is 0 Å². The molecule has 0 N–H and O–H groups in total. The van der Waals surface area contributed by atoms with Crippen molar-refractivity contribution in [2.45, 2.75) is 45.6 Å². The number of nitrogens with zero attached hydrogens (tertiary/aromatic N) is 2. The smallest absolute Gasteiger partial charge is 0.110 e. The predicted molar refractivity (Wildman–Crippen MR) is 67.5 cm³/mol. The van der Waals surface area contributed by atoms with E-state index in [1.807, 2.05) is 0 Å². The van der Waals surface area contributed by atoms with E-state index in [0.29, 0.717) is 5.92 Å². The average molecular weight is 236 g/mol. The zero-order chi connectivity index (χ0) is 12.5. The van der Waals surface area contributed by atoms with E-state index in [1.165, 1.54) is 6.42 Å². The highest BCUT2D eigenvalue weighted by Crippen LogP contribution is 2.46. The summed E-state index contributed by atoms with van der Waals surface area (Å²) in [5.74, 6) is 0.640. The van der Waals surface area contributed by atoms with Crippen LogP contribution in [0.3, 0.4) is 0 Å². The van der Waals surface area contributed by atoms with Crippen LogP contribution in [-0.4, -0.2) is 36.7 Å². The number of ether oxygens (including phenoxy) is 1. The minimum Gasteiger partial charge on any atom is -0.379 e. The first-order valence-corrected chi connectivity index (χ1v) is 6.72. The third-order valence-corrected chi connectivity index (χ3v) is 4.18. The van der Waals surface area contributed by atoms with E-state index in [4.69, 9.17) is 4.74 Å². The van der Waals surface area contributed by atoms with Crippen LogP contribution in [0.5, 0.6) is 0 Å². The number of hydrogen-bond donors (Lipinski definition) is 0. The molecular weight excluding hydrogens is 212 g/mol. The van der Waals surface area contributed by atoms with Crippen LogP contribution in [-0.2, 0) is 4.74 Å². The van der Waals surface area contributed by atoms with E-state index in [-0.39, 0.29) is 11.0 Å². The molecule has 0 aromatic heterocycles. The first-order chi connectivity index (χ1) is 7.97. The molecule has 1 aliphatic carbocycles. The van der Waals surface area contributed by atoms with Crippen LogP contribution in [0.15, 0.2) is 0 Å². The summed E-state index contributed by atoms with van der Waals surface area (Å²) in [6.45, 7) is 10.3. The fraction of sp³-hybridized carbons (Fsp3) is 0.929. The molecule has 0 aromatic rings. The van der Waals surface area contributed by atoms with Crippen molar-refractivity contribution in [3.63, 3.8) is 0 Å². The summed E-state index contributed by atoms with van der Waals surface area (Å²) >= 11 is 0. The fourth-order valence-electron chi connectivity index (χ4n) is 3.92. The highest BCUT2D eigenvalue weighted by molar-refractivity contribution is 5.13. The summed E-state index contributed by atoms with van der Waals surface area (Å²) in [5, 5.41) is 9.71. The van der Waals surface area contributed by atoms with Crippen molar-refractivity contribution in [2.24, 2.45) is 11.3 Å². The summed E-state index contributed by atoms with van der Waals surface area (Å²) in [6, 6.07) is 2.64. The fourth-order valence-corrected chi connectivity index (χ4v) is 3.92. The largest absolute Gasteiger partial charge is 0.379 e. The Morgan fingerprint density at radius 3 is 2.41 bits per heavy atom. The minimum absolute atomic E-state index is 0.245. The molecule has 0 spiro atoms. The first kappa shape index (κ1) is 12.9. The Balaban J connectivity index is 2.20.